The van der Waals surface area contributed by atoms with Gasteiger partial charge in [-0.2, -0.15) is 0 Å². The lowest BCUT2D eigenvalue weighted by atomic mass is 10.2. The highest BCUT2D eigenvalue weighted by molar-refractivity contribution is 7.90. The van der Waals surface area contributed by atoms with Gasteiger partial charge in [0.1, 0.15) is 5.75 Å². The molecule has 0 heterocycles. The van der Waals surface area contributed by atoms with Crippen molar-refractivity contribution in [3.8, 4) is 5.75 Å². The molecule has 0 aliphatic rings. The molecule has 1 amide bonds. The van der Waals surface area contributed by atoms with Crippen LogP contribution in [-0.4, -0.2) is 33.7 Å². The third-order valence-corrected chi connectivity index (χ3v) is 4.07. The summed E-state index contributed by atoms with van der Waals surface area (Å²) < 4.78 is 28.1. The van der Waals surface area contributed by atoms with Crippen molar-refractivity contribution >= 4 is 15.7 Å². The molecular formula is C15H23NO4S. The maximum absolute atomic E-state index is 11.6. The van der Waals surface area contributed by atoms with E-state index in [1.807, 2.05) is 0 Å². The number of benzene rings is 1. The van der Waals surface area contributed by atoms with Crippen molar-refractivity contribution in [3.05, 3.63) is 24.3 Å². The fraction of sp³-hybridized carbons (Fsp3) is 0.533. The van der Waals surface area contributed by atoms with Crippen molar-refractivity contribution in [1.29, 1.82) is 0 Å². The molecule has 0 unspecified atom stereocenters. The zero-order valence-electron chi connectivity index (χ0n) is 12.6. The zero-order valence-corrected chi connectivity index (χ0v) is 13.4. The Hall–Kier alpha value is -1.56. The summed E-state index contributed by atoms with van der Waals surface area (Å²) in [5.41, 5.74) is 0. The third kappa shape index (κ3) is 7.13. The highest BCUT2D eigenvalue weighted by Crippen LogP contribution is 2.17. The number of unbranched alkanes of at least 4 members (excludes halogenated alkanes) is 3. The van der Waals surface area contributed by atoms with Crippen molar-refractivity contribution in [2.75, 3.05) is 19.4 Å². The van der Waals surface area contributed by atoms with E-state index >= 15 is 0 Å². The van der Waals surface area contributed by atoms with Crippen LogP contribution in [0.5, 0.6) is 5.75 Å². The largest absolute Gasteiger partial charge is 0.484 e. The van der Waals surface area contributed by atoms with Crippen molar-refractivity contribution in [1.82, 2.24) is 5.32 Å². The van der Waals surface area contributed by atoms with Crippen LogP contribution in [0.2, 0.25) is 0 Å². The third-order valence-electron chi connectivity index (χ3n) is 2.96. The minimum Gasteiger partial charge on any atom is -0.484 e. The Bertz CT molecular complexity index is 555. The van der Waals surface area contributed by atoms with Gasteiger partial charge in [0.05, 0.1) is 4.90 Å². The van der Waals surface area contributed by atoms with E-state index < -0.39 is 9.84 Å². The SMILES string of the molecule is CCCCCCNC(=O)COc1cccc(S(C)(=O)=O)c1. The Morgan fingerprint density at radius 3 is 2.67 bits per heavy atom. The molecule has 21 heavy (non-hydrogen) atoms. The molecule has 1 rings (SSSR count). The van der Waals surface area contributed by atoms with E-state index in [9.17, 15) is 13.2 Å². The maximum Gasteiger partial charge on any atom is 0.257 e. The monoisotopic (exact) mass is 313 g/mol. The number of nitrogens with one attached hydrogen (secondary N) is 1. The molecule has 118 valence electrons. The smallest absolute Gasteiger partial charge is 0.257 e. The predicted octanol–water partition coefficient (Wildman–Crippen LogP) is 2.17. The van der Waals surface area contributed by atoms with Crippen molar-refractivity contribution < 1.29 is 17.9 Å². The summed E-state index contributed by atoms with van der Waals surface area (Å²) in [7, 11) is -3.27. The number of carbonyl (C=O) groups excluding carboxylic acids is 1. The van der Waals surface area contributed by atoms with Crippen LogP contribution in [0.4, 0.5) is 0 Å². The van der Waals surface area contributed by atoms with E-state index in [2.05, 4.69) is 12.2 Å². The van der Waals surface area contributed by atoms with Crippen LogP contribution in [0.3, 0.4) is 0 Å². The lowest BCUT2D eigenvalue weighted by molar-refractivity contribution is -0.123. The van der Waals surface area contributed by atoms with Gasteiger partial charge in [-0.3, -0.25) is 4.79 Å². The first-order valence-electron chi connectivity index (χ1n) is 7.13. The van der Waals surface area contributed by atoms with Crippen molar-refractivity contribution in [3.63, 3.8) is 0 Å². The molecule has 5 nitrogen and oxygen atoms in total. The summed E-state index contributed by atoms with van der Waals surface area (Å²) in [5, 5.41) is 2.77. The average Bonchev–Trinajstić information content (AvgIpc) is 2.44. The molecular weight excluding hydrogens is 290 g/mol. The number of hydrogen-bond acceptors (Lipinski definition) is 4. The topological polar surface area (TPSA) is 72.5 Å². The first-order valence-corrected chi connectivity index (χ1v) is 9.02. The second kappa shape index (κ2) is 8.67. The molecule has 0 spiro atoms. The number of hydrogen-bond donors (Lipinski definition) is 1. The number of carbonyl (C=O) groups is 1. The Kier molecular flexibility index (Phi) is 7.22. The van der Waals surface area contributed by atoms with Gasteiger partial charge in [-0.25, -0.2) is 8.42 Å². The van der Waals surface area contributed by atoms with Crippen molar-refractivity contribution in [2.24, 2.45) is 0 Å². The molecule has 1 aromatic rings. The summed E-state index contributed by atoms with van der Waals surface area (Å²) in [4.78, 5) is 11.8. The summed E-state index contributed by atoms with van der Waals surface area (Å²) in [5.74, 6) is 0.176. The first kappa shape index (κ1) is 17.5. The van der Waals surface area contributed by atoms with Crippen LogP contribution in [0.15, 0.2) is 29.2 Å². The quantitative estimate of drug-likeness (QED) is 0.709. The average molecular weight is 313 g/mol. The van der Waals surface area contributed by atoms with E-state index in [1.54, 1.807) is 12.1 Å². The highest BCUT2D eigenvalue weighted by Gasteiger charge is 2.08. The molecule has 0 aliphatic carbocycles. The van der Waals surface area contributed by atoms with E-state index in [0.717, 1.165) is 25.5 Å². The van der Waals surface area contributed by atoms with Crippen LogP contribution < -0.4 is 10.1 Å². The number of sulfone groups is 1. The maximum atomic E-state index is 11.6. The fourth-order valence-electron chi connectivity index (χ4n) is 1.77. The van der Waals surface area contributed by atoms with Crippen LogP contribution in [0, 0.1) is 0 Å². The summed E-state index contributed by atoms with van der Waals surface area (Å²) in [6.07, 6.45) is 5.53. The molecule has 0 fully saturated rings. The van der Waals surface area contributed by atoms with Gasteiger partial charge in [0.15, 0.2) is 16.4 Å². The van der Waals surface area contributed by atoms with Crippen LogP contribution >= 0.6 is 0 Å². The van der Waals surface area contributed by atoms with Crippen molar-refractivity contribution in [2.45, 2.75) is 37.5 Å². The molecule has 0 aromatic heterocycles. The lowest BCUT2D eigenvalue weighted by Crippen LogP contribution is -2.29. The molecule has 0 aliphatic heterocycles. The van der Waals surface area contributed by atoms with Gasteiger partial charge in [-0.1, -0.05) is 32.3 Å². The predicted molar refractivity (Wildman–Crippen MR) is 82.2 cm³/mol. The molecule has 0 saturated heterocycles. The second-order valence-corrected chi connectivity index (χ2v) is 6.96. The zero-order chi connectivity index (χ0) is 15.7. The lowest BCUT2D eigenvalue weighted by Gasteiger charge is -2.08. The Labute approximate surface area is 126 Å². The normalized spacial score (nSPS) is 11.1. The summed E-state index contributed by atoms with van der Waals surface area (Å²) >= 11 is 0. The molecule has 0 saturated carbocycles. The van der Waals surface area contributed by atoms with E-state index in [-0.39, 0.29) is 17.4 Å². The fourth-order valence-corrected chi connectivity index (χ4v) is 2.43. The Balaban J connectivity index is 2.36. The van der Waals surface area contributed by atoms with E-state index in [1.165, 1.54) is 18.6 Å². The molecule has 0 atom stereocenters. The molecule has 1 aromatic carbocycles. The highest BCUT2D eigenvalue weighted by atomic mass is 32.2. The van der Waals surface area contributed by atoms with Gasteiger partial charge in [0.25, 0.3) is 5.91 Å². The van der Waals surface area contributed by atoms with Gasteiger partial charge in [-0.15, -0.1) is 0 Å². The van der Waals surface area contributed by atoms with Gasteiger partial charge in [0, 0.05) is 12.8 Å². The first-order chi connectivity index (χ1) is 9.93. The Morgan fingerprint density at radius 2 is 2.00 bits per heavy atom. The second-order valence-electron chi connectivity index (χ2n) is 4.95. The van der Waals surface area contributed by atoms with Gasteiger partial charge >= 0.3 is 0 Å². The molecule has 6 heteroatoms. The van der Waals surface area contributed by atoms with Gasteiger partial charge < -0.3 is 10.1 Å². The van der Waals surface area contributed by atoms with E-state index in [0.29, 0.717) is 12.3 Å². The van der Waals surface area contributed by atoms with Gasteiger partial charge in [-0.05, 0) is 24.6 Å². The Morgan fingerprint density at radius 1 is 1.24 bits per heavy atom. The van der Waals surface area contributed by atoms with Crippen LogP contribution in [-0.2, 0) is 14.6 Å². The minimum atomic E-state index is -3.27. The molecule has 0 bridgehead atoms. The number of rotatable bonds is 9. The summed E-state index contributed by atoms with van der Waals surface area (Å²) in [6, 6.07) is 6.14. The van der Waals surface area contributed by atoms with Gasteiger partial charge in [0.2, 0.25) is 0 Å². The van der Waals surface area contributed by atoms with Crippen LogP contribution in [0.1, 0.15) is 32.6 Å². The minimum absolute atomic E-state index is 0.110. The molecule has 1 N–H and O–H groups in total. The van der Waals surface area contributed by atoms with Crippen LogP contribution in [0.25, 0.3) is 0 Å². The standard InChI is InChI=1S/C15H23NO4S/c1-3-4-5-6-10-16-15(17)12-20-13-8-7-9-14(11-13)21(2,18)19/h7-9,11H,3-6,10,12H2,1-2H3,(H,16,17). The van der Waals surface area contributed by atoms with E-state index in [4.69, 9.17) is 4.74 Å². The number of ether oxygens (including phenoxy) is 1. The summed E-state index contributed by atoms with van der Waals surface area (Å²) in [6.45, 7) is 2.67. The number of amides is 1. The molecule has 0 radical (unpaired) electrons.